The monoisotopic (exact) mass is 453 g/mol. The van der Waals surface area contributed by atoms with Gasteiger partial charge < -0.3 is 9.64 Å². The number of esters is 1. The molecule has 29 heavy (non-hydrogen) atoms. The molecule has 0 bridgehead atoms. The molecule has 0 aromatic heterocycles. The van der Waals surface area contributed by atoms with Crippen LogP contribution >= 0.6 is 15.9 Å². The fourth-order valence-corrected chi connectivity index (χ4v) is 5.22. The Bertz CT molecular complexity index is 942. The van der Waals surface area contributed by atoms with Crippen molar-refractivity contribution < 1.29 is 14.3 Å². The van der Waals surface area contributed by atoms with Crippen molar-refractivity contribution >= 4 is 27.8 Å². The van der Waals surface area contributed by atoms with E-state index in [1.807, 2.05) is 59.5 Å². The van der Waals surface area contributed by atoms with E-state index in [-0.39, 0.29) is 17.9 Å². The largest absolute Gasteiger partial charge is 0.468 e. The van der Waals surface area contributed by atoms with Gasteiger partial charge in [0.25, 0.3) is 0 Å². The Labute approximate surface area is 179 Å². The van der Waals surface area contributed by atoms with Crippen LogP contribution in [0.1, 0.15) is 24.0 Å². The molecule has 1 amide bonds. The van der Waals surface area contributed by atoms with Crippen LogP contribution in [0, 0.1) is 11.3 Å². The molecule has 0 spiro atoms. The van der Waals surface area contributed by atoms with Crippen molar-refractivity contribution in [2.24, 2.45) is 11.3 Å². The van der Waals surface area contributed by atoms with E-state index < -0.39 is 11.4 Å². The minimum atomic E-state index is -1.24. The third-order valence-corrected chi connectivity index (χ3v) is 6.95. The van der Waals surface area contributed by atoms with Crippen molar-refractivity contribution in [2.45, 2.75) is 31.8 Å². The molecule has 150 valence electrons. The zero-order chi connectivity index (χ0) is 20.4. The standard InChI is InChI=1S/C24H24BrNO3/c1-29-23(28)24(15-18-11-5-7-13-20(18)25)19-12-6-8-14-21(19)26(22(24)27)16-17-9-3-2-4-10-17/h2-7,9-13,19,21H,8,14-16H2,1H3/t19-,21+,24+/m0/s1. The van der Waals surface area contributed by atoms with Crippen LogP contribution < -0.4 is 0 Å². The number of nitrogens with zero attached hydrogens (tertiary/aromatic N) is 1. The van der Waals surface area contributed by atoms with E-state index >= 15 is 0 Å². The summed E-state index contributed by atoms with van der Waals surface area (Å²) >= 11 is 3.58. The molecule has 2 aromatic rings. The normalized spacial score (nSPS) is 25.7. The number of halogens is 1. The van der Waals surface area contributed by atoms with Gasteiger partial charge in [-0.2, -0.15) is 0 Å². The molecule has 1 heterocycles. The van der Waals surface area contributed by atoms with Gasteiger partial charge in [0.2, 0.25) is 5.91 Å². The molecular formula is C24H24BrNO3. The smallest absolute Gasteiger partial charge is 0.322 e. The molecule has 4 rings (SSSR count). The average molecular weight is 454 g/mol. The number of methoxy groups -OCH3 is 1. The molecule has 1 aliphatic carbocycles. The fourth-order valence-electron chi connectivity index (χ4n) is 4.79. The molecule has 1 aliphatic heterocycles. The highest BCUT2D eigenvalue weighted by atomic mass is 79.9. The highest BCUT2D eigenvalue weighted by Crippen LogP contribution is 2.50. The lowest BCUT2D eigenvalue weighted by molar-refractivity contribution is -0.160. The third-order valence-electron chi connectivity index (χ3n) is 6.17. The lowest BCUT2D eigenvalue weighted by atomic mass is 9.69. The number of rotatable bonds is 5. The van der Waals surface area contributed by atoms with Crippen molar-refractivity contribution in [3.05, 3.63) is 82.3 Å². The number of amides is 1. The molecule has 4 nitrogen and oxygen atoms in total. The summed E-state index contributed by atoms with van der Waals surface area (Å²) in [6, 6.07) is 17.7. The van der Waals surface area contributed by atoms with Gasteiger partial charge in [0.15, 0.2) is 5.41 Å². The maximum Gasteiger partial charge on any atom is 0.322 e. The van der Waals surface area contributed by atoms with Crippen molar-refractivity contribution in [3.63, 3.8) is 0 Å². The summed E-state index contributed by atoms with van der Waals surface area (Å²) in [7, 11) is 1.37. The van der Waals surface area contributed by atoms with Crippen LogP contribution in [0.3, 0.4) is 0 Å². The van der Waals surface area contributed by atoms with E-state index in [0.717, 1.165) is 28.4 Å². The summed E-state index contributed by atoms with van der Waals surface area (Å²) in [6.07, 6.45) is 6.24. The van der Waals surface area contributed by atoms with Crippen LogP contribution in [-0.2, 0) is 27.3 Å². The minimum absolute atomic E-state index is 0.00528. The van der Waals surface area contributed by atoms with Crippen molar-refractivity contribution in [2.75, 3.05) is 7.11 Å². The van der Waals surface area contributed by atoms with E-state index in [1.54, 1.807) is 0 Å². The van der Waals surface area contributed by atoms with E-state index in [0.29, 0.717) is 13.0 Å². The summed E-state index contributed by atoms with van der Waals surface area (Å²) in [5.74, 6) is -0.784. The first kappa shape index (κ1) is 19.9. The fraction of sp³-hybridized carbons (Fsp3) is 0.333. The van der Waals surface area contributed by atoms with Crippen LogP contribution in [0.15, 0.2) is 71.2 Å². The maximum atomic E-state index is 13.9. The van der Waals surface area contributed by atoms with Gasteiger partial charge in [0, 0.05) is 23.0 Å². The SMILES string of the molecule is COC(=O)[C@@]1(Cc2ccccc2Br)C(=O)N(Cc2ccccc2)[C@@H]2CCC=C[C@@H]21. The third kappa shape index (κ3) is 3.42. The first-order chi connectivity index (χ1) is 14.1. The topological polar surface area (TPSA) is 46.6 Å². The molecule has 5 heteroatoms. The number of hydrogen-bond donors (Lipinski definition) is 0. The summed E-state index contributed by atoms with van der Waals surface area (Å²) in [5, 5.41) is 0. The Morgan fingerprint density at radius 2 is 1.90 bits per heavy atom. The molecular weight excluding hydrogens is 430 g/mol. The summed E-state index contributed by atoms with van der Waals surface area (Å²) in [5.41, 5.74) is 0.760. The Kier molecular flexibility index (Phi) is 5.59. The molecule has 0 radical (unpaired) electrons. The highest BCUT2D eigenvalue weighted by molar-refractivity contribution is 9.10. The van der Waals surface area contributed by atoms with Crippen molar-refractivity contribution in [1.29, 1.82) is 0 Å². The van der Waals surface area contributed by atoms with Gasteiger partial charge in [-0.25, -0.2) is 0 Å². The van der Waals surface area contributed by atoms with Gasteiger partial charge in [0.05, 0.1) is 7.11 Å². The number of carbonyl (C=O) groups is 2. The number of allylic oxidation sites excluding steroid dienone is 1. The zero-order valence-corrected chi connectivity index (χ0v) is 18.0. The Morgan fingerprint density at radius 3 is 2.62 bits per heavy atom. The van der Waals surface area contributed by atoms with Crippen LogP contribution in [0.2, 0.25) is 0 Å². The lowest BCUT2D eigenvalue weighted by Gasteiger charge is -2.32. The number of likely N-dealkylation sites (tertiary alicyclic amines) is 1. The van der Waals surface area contributed by atoms with Crippen LogP contribution in [0.25, 0.3) is 0 Å². The zero-order valence-electron chi connectivity index (χ0n) is 16.4. The van der Waals surface area contributed by atoms with Crippen LogP contribution in [0.4, 0.5) is 0 Å². The second-order valence-corrected chi connectivity index (χ2v) is 8.60. The number of hydrogen-bond acceptors (Lipinski definition) is 3. The van der Waals surface area contributed by atoms with Gasteiger partial charge in [-0.15, -0.1) is 0 Å². The van der Waals surface area contributed by atoms with Gasteiger partial charge >= 0.3 is 5.97 Å². The van der Waals surface area contributed by atoms with Crippen LogP contribution in [-0.4, -0.2) is 29.9 Å². The quantitative estimate of drug-likeness (QED) is 0.379. The van der Waals surface area contributed by atoms with Crippen molar-refractivity contribution in [3.8, 4) is 0 Å². The second-order valence-electron chi connectivity index (χ2n) is 7.75. The number of benzene rings is 2. The summed E-state index contributed by atoms with van der Waals surface area (Å²) < 4.78 is 6.13. The molecule has 0 N–H and O–H groups in total. The van der Waals surface area contributed by atoms with Crippen molar-refractivity contribution in [1.82, 2.24) is 4.90 Å². The Morgan fingerprint density at radius 1 is 1.17 bits per heavy atom. The van der Waals surface area contributed by atoms with Gasteiger partial charge in [-0.3, -0.25) is 9.59 Å². The average Bonchev–Trinajstić information content (AvgIpc) is 2.99. The molecule has 0 saturated carbocycles. The first-order valence-electron chi connectivity index (χ1n) is 9.91. The predicted octanol–water partition coefficient (Wildman–Crippen LogP) is 4.53. The second kappa shape index (κ2) is 8.15. The van der Waals surface area contributed by atoms with Crippen LogP contribution in [0.5, 0.6) is 0 Å². The number of ether oxygens (including phenoxy) is 1. The van der Waals surface area contributed by atoms with Gasteiger partial charge in [0.1, 0.15) is 0 Å². The van der Waals surface area contributed by atoms with Gasteiger partial charge in [-0.05, 0) is 36.5 Å². The molecule has 0 unspecified atom stereocenters. The van der Waals surface area contributed by atoms with Gasteiger partial charge in [-0.1, -0.05) is 76.6 Å². The van der Waals surface area contributed by atoms with E-state index in [1.165, 1.54) is 7.11 Å². The number of carbonyl (C=O) groups excluding carboxylic acids is 2. The first-order valence-corrected chi connectivity index (χ1v) is 10.7. The lowest BCUT2D eigenvalue weighted by Crippen LogP contribution is -2.46. The maximum absolute atomic E-state index is 13.9. The summed E-state index contributed by atoms with van der Waals surface area (Å²) in [4.78, 5) is 29.0. The molecule has 1 saturated heterocycles. The van der Waals surface area contributed by atoms with E-state index in [4.69, 9.17) is 4.74 Å². The minimum Gasteiger partial charge on any atom is -0.468 e. The van der Waals surface area contributed by atoms with E-state index in [9.17, 15) is 9.59 Å². The summed E-state index contributed by atoms with van der Waals surface area (Å²) in [6.45, 7) is 0.503. The molecule has 2 aromatic carbocycles. The molecule has 1 fully saturated rings. The number of fused-ring (bicyclic) bond motifs is 1. The predicted molar refractivity (Wildman–Crippen MR) is 115 cm³/mol. The highest BCUT2D eigenvalue weighted by Gasteiger charge is 2.63. The molecule has 3 atom stereocenters. The Balaban J connectivity index is 1.79. The Hall–Kier alpha value is -2.40. The van der Waals surface area contributed by atoms with E-state index in [2.05, 4.69) is 28.1 Å². The molecule has 2 aliphatic rings.